The third-order valence-corrected chi connectivity index (χ3v) is 7.11. The zero-order valence-electron chi connectivity index (χ0n) is 15.7. The molecular weight excluding hydrogens is 370 g/mol. The molecule has 0 atom stereocenters. The number of pyridine rings is 1. The Morgan fingerprint density at radius 1 is 1.14 bits per heavy atom. The fourth-order valence-electron chi connectivity index (χ4n) is 4.26. The van der Waals surface area contributed by atoms with Crippen LogP contribution in [0.4, 0.5) is 0 Å². The number of hydrogen-bond donors (Lipinski definition) is 0. The fraction of sp³-hybridized carbons (Fsp3) is 0.318. The lowest BCUT2D eigenvalue weighted by Gasteiger charge is -2.39. The van der Waals surface area contributed by atoms with Gasteiger partial charge in [-0.15, -0.1) is 0 Å². The maximum Gasteiger partial charge on any atom is 0.286 e. The lowest BCUT2D eigenvalue weighted by Crippen LogP contribution is -2.44. The van der Waals surface area contributed by atoms with Gasteiger partial charge in [-0.2, -0.15) is 4.99 Å². The normalized spacial score (nSPS) is 22.4. The summed E-state index contributed by atoms with van der Waals surface area (Å²) in [5, 5.41) is 0.814. The second-order valence-electron chi connectivity index (χ2n) is 7.42. The molecule has 4 heterocycles. The number of carbonyl (C=O) groups is 1. The largest absolute Gasteiger partial charge is 0.365 e. The Morgan fingerprint density at radius 3 is 2.68 bits per heavy atom. The van der Waals surface area contributed by atoms with Crippen LogP contribution in [0.2, 0.25) is 0 Å². The number of amides is 1. The third-order valence-electron chi connectivity index (χ3n) is 5.89. The topological polar surface area (TPSA) is 54.8 Å². The smallest absolute Gasteiger partial charge is 0.286 e. The lowest BCUT2D eigenvalue weighted by molar-refractivity contribution is -0.113. The van der Waals surface area contributed by atoms with Gasteiger partial charge in [-0.3, -0.25) is 9.78 Å². The number of ether oxygens (including phenoxy) is 1. The molecule has 142 valence electrons. The Labute approximate surface area is 168 Å². The molecule has 1 aromatic carbocycles. The van der Waals surface area contributed by atoms with Crippen molar-refractivity contribution in [3.05, 3.63) is 70.4 Å². The van der Waals surface area contributed by atoms with E-state index in [0.29, 0.717) is 11.5 Å². The summed E-state index contributed by atoms with van der Waals surface area (Å²) in [6.45, 7) is 4.36. The second kappa shape index (κ2) is 6.87. The second-order valence-corrected chi connectivity index (χ2v) is 8.40. The molecule has 1 fully saturated rings. The van der Waals surface area contributed by atoms with Crippen molar-refractivity contribution in [2.45, 2.75) is 32.0 Å². The Kier molecular flexibility index (Phi) is 4.33. The Balaban J connectivity index is 1.32. The first-order valence-electron chi connectivity index (χ1n) is 9.56. The molecule has 0 saturated carbocycles. The quantitative estimate of drug-likeness (QED) is 0.689. The molecule has 1 saturated heterocycles. The van der Waals surface area contributed by atoms with E-state index < -0.39 is 0 Å². The van der Waals surface area contributed by atoms with Crippen LogP contribution in [-0.4, -0.2) is 34.0 Å². The van der Waals surface area contributed by atoms with Crippen molar-refractivity contribution in [2.75, 3.05) is 13.1 Å². The van der Waals surface area contributed by atoms with Gasteiger partial charge in [-0.25, -0.2) is 0 Å². The van der Waals surface area contributed by atoms with Gasteiger partial charge in [0.25, 0.3) is 5.91 Å². The van der Waals surface area contributed by atoms with Gasteiger partial charge >= 0.3 is 0 Å². The van der Waals surface area contributed by atoms with E-state index in [1.165, 1.54) is 22.9 Å². The number of carbonyl (C=O) groups excluding carboxylic acids is 1. The van der Waals surface area contributed by atoms with Crippen molar-refractivity contribution in [1.29, 1.82) is 0 Å². The first kappa shape index (κ1) is 17.6. The van der Waals surface area contributed by atoms with E-state index in [2.05, 4.69) is 39.1 Å². The Bertz CT molecular complexity index is 992. The van der Waals surface area contributed by atoms with Gasteiger partial charge in [0.1, 0.15) is 0 Å². The SMILES string of the molecule is C/C(=C1\SC(N2CCC3(CC2)OCc2ccccc23)=NC1=O)c1ccncc1. The predicted molar refractivity (Wildman–Crippen MR) is 111 cm³/mol. The number of fused-ring (bicyclic) bond motifs is 2. The minimum Gasteiger partial charge on any atom is -0.365 e. The van der Waals surface area contributed by atoms with Crippen molar-refractivity contribution >= 4 is 28.4 Å². The summed E-state index contributed by atoms with van der Waals surface area (Å²) in [5.74, 6) is -0.142. The molecule has 1 amide bonds. The first-order valence-corrected chi connectivity index (χ1v) is 10.4. The van der Waals surface area contributed by atoms with Crippen LogP contribution < -0.4 is 0 Å². The van der Waals surface area contributed by atoms with Crippen molar-refractivity contribution in [2.24, 2.45) is 4.99 Å². The van der Waals surface area contributed by atoms with Gasteiger partial charge in [0.15, 0.2) is 5.17 Å². The zero-order chi connectivity index (χ0) is 19.1. The number of thioether (sulfide) groups is 1. The Hall–Kier alpha value is -2.44. The number of likely N-dealkylation sites (tertiary alicyclic amines) is 1. The molecule has 6 heteroatoms. The molecule has 1 spiro atoms. The van der Waals surface area contributed by atoms with Crippen LogP contribution in [0.5, 0.6) is 0 Å². The molecule has 28 heavy (non-hydrogen) atoms. The zero-order valence-corrected chi connectivity index (χ0v) is 16.5. The van der Waals surface area contributed by atoms with Gasteiger partial charge in [0.05, 0.1) is 17.1 Å². The van der Waals surface area contributed by atoms with Gasteiger partial charge in [-0.1, -0.05) is 24.3 Å². The molecule has 2 aromatic rings. The van der Waals surface area contributed by atoms with E-state index in [4.69, 9.17) is 4.74 Å². The van der Waals surface area contributed by atoms with Crippen LogP contribution >= 0.6 is 11.8 Å². The molecule has 5 rings (SSSR count). The number of amidine groups is 1. The summed E-state index contributed by atoms with van der Waals surface area (Å²) >= 11 is 1.49. The number of hydrogen-bond acceptors (Lipinski definition) is 5. The number of aromatic nitrogens is 1. The summed E-state index contributed by atoms with van der Waals surface area (Å²) in [6, 6.07) is 12.4. The molecular formula is C22H21N3O2S. The summed E-state index contributed by atoms with van der Waals surface area (Å²) in [6.07, 6.45) is 5.32. The molecule has 5 nitrogen and oxygen atoms in total. The van der Waals surface area contributed by atoms with E-state index in [1.54, 1.807) is 12.4 Å². The Morgan fingerprint density at radius 2 is 1.89 bits per heavy atom. The van der Waals surface area contributed by atoms with E-state index in [-0.39, 0.29) is 11.5 Å². The van der Waals surface area contributed by atoms with Gasteiger partial charge in [0.2, 0.25) is 0 Å². The van der Waals surface area contributed by atoms with Gasteiger partial charge in [0, 0.05) is 25.5 Å². The van der Waals surface area contributed by atoms with E-state index in [9.17, 15) is 4.79 Å². The average molecular weight is 391 g/mol. The van der Waals surface area contributed by atoms with E-state index in [1.807, 2.05) is 19.1 Å². The fourth-order valence-corrected chi connectivity index (χ4v) is 5.28. The summed E-state index contributed by atoms with van der Waals surface area (Å²) in [7, 11) is 0. The van der Waals surface area contributed by atoms with Crippen molar-refractivity contribution in [1.82, 2.24) is 9.88 Å². The molecule has 1 aromatic heterocycles. The molecule has 0 bridgehead atoms. The first-order chi connectivity index (χ1) is 13.7. The number of nitrogens with zero attached hydrogens (tertiary/aromatic N) is 3. The average Bonchev–Trinajstić information content (AvgIpc) is 3.30. The number of benzene rings is 1. The van der Waals surface area contributed by atoms with Crippen LogP contribution in [0.15, 0.2) is 58.7 Å². The van der Waals surface area contributed by atoms with Gasteiger partial charge < -0.3 is 9.64 Å². The van der Waals surface area contributed by atoms with E-state index in [0.717, 1.165) is 42.2 Å². The highest BCUT2D eigenvalue weighted by Crippen LogP contribution is 2.45. The van der Waals surface area contributed by atoms with Crippen molar-refractivity contribution in [3.63, 3.8) is 0 Å². The number of piperidine rings is 1. The van der Waals surface area contributed by atoms with E-state index >= 15 is 0 Å². The molecule has 3 aliphatic heterocycles. The standard InChI is InChI=1S/C22H21N3O2S/c1-15(16-6-10-23-11-7-16)19-20(26)24-21(28-19)25-12-8-22(9-13-25)18-5-3-2-4-17(18)14-27-22/h2-7,10-11H,8-9,12-14H2,1H3/b19-15+. The van der Waals surface area contributed by atoms with Crippen LogP contribution in [0, 0.1) is 0 Å². The lowest BCUT2D eigenvalue weighted by atomic mass is 9.84. The molecule has 0 aliphatic carbocycles. The summed E-state index contributed by atoms with van der Waals surface area (Å²) in [4.78, 5) is 23.9. The predicted octanol–water partition coefficient (Wildman–Crippen LogP) is 3.96. The van der Waals surface area contributed by atoms with Crippen LogP contribution in [-0.2, 0) is 21.7 Å². The van der Waals surface area contributed by atoms with Crippen LogP contribution in [0.25, 0.3) is 5.57 Å². The van der Waals surface area contributed by atoms with Crippen LogP contribution in [0.1, 0.15) is 36.5 Å². The minimum absolute atomic E-state index is 0.142. The highest BCUT2D eigenvalue weighted by molar-refractivity contribution is 8.18. The summed E-state index contributed by atoms with van der Waals surface area (Å²) in [5.41, 5.74) is 4.43. The van der Waals surface area contributed by atoms with Gasteiger partial charge in [-0.05, 0) is 65.9 Å². The number of aliphatic imine (C=N–C) groups is 1. The summed E-state index contributed by atoms with van der Waals surface area (Å²) < 4.78 is 6.25. The van der Waals surface area contributed by atoms with Crippen LogP contribution in [0.3, 0.4) is 0 Å². The number of allylic oxidation sites excluding steroid dienone is 1. The third kappa shape index (κ3) is 2.88. The molecule has 3 aliphatic rings. The molecule has 0 unspecified atom stereocenters. The minimum atomic E-state index is -0.174. The van der Waals surface area contributed by atoms with Crippen molar-refractivity contribution in [3.8, 4) is 0 Å². The maximum atomic E-state index is 12.5. The molecule has 0 N–H and O–H groups in total. The molecule has 0 radical (unpaired) electrons. The van der Waals surface area contributed by atoms with Crippen molar-refractivity contribution < 1.29 is 9.53 Å². The number of rotatable bonds is 1. The highest BCUT2D eigenvalue weighted by atomic mass is 32.2. The monoisotopic (exact) mass is 391 g/mol. The maximum absolute atomic E-state index is 12.5. The highest BCUT2D eigenvalue weighted by Gasteiger charge is 2.43.